The lowest BCUT2D eigenvalue weighted by atomic mass is 10.1. The molecule has 0 aliphatic carbocycles. The van der Waals surface area contributed by atoms with Crippen molar-refractivity contribution in [1.29, 1.82) is 5.26 Å². The minimum atomic E-state index is -0.654. The van der Waals surface area contributed by atoms with Crippen molar-refractivity contribution in [3.05, 3.63) is 29.8 Å². The van der Waals surface area contributed by atoms with E-state index in [1.165, 1.54) is 0 Å². The fourth-order valence-electron chi connectivity index (χ4n) is 1.68. The molecule has 0 spiro atoms. The first-order valence-corrected chi connectivity index (χ1v) is 6.72. The highest BCUT2D eigenvalue weighted by molar-refractivity contribution is 5.34. The van der Waals surface area contributed by atoms with E-state index in [0.717, 1.165) is 0 Å². The third-order valence-electron chi connectivity index (χ3n) is 3.04. The summed E-state index contributed by atoms with van der Waals surface area (Å²) in [5, 5.41) is 30.8. The van der Waals surface area contributed by atoms with Crippen LogP contribution in [0.5, 0.6) is 5.75 Å². The third kappa shape index (κ3) is 5.57. The average molecular weight is 278 g/mol. The van der Waals surface area contributed by atoms with Crippen molar-refractivity contribution in [1.82, 2.24) is 5.32 Å². The molecular weight excluding hydrogens is 256 g/mol. The number of aliphatic hydroxyl groups is 2. The van der Waals surface area contributed by atoms with Gasteiger partial charge in [-0.2, -0.15) is 5.26 Å². The molecular formula is C15H22N2O3. The fourth-order valence-corrected chi connectivity index (χ4v) is 1.68. The summed E-state index contributed by atoms with van der Waals surface area (Å²) in [6.45, 7) is 4.58. The van der Waals surface area contributed by atoms with Crippen LogP contribution in [0.1, 0.15) is 19.4 Å². The van der Waals surface area contributed by atoms with Crippen molar-refractivity contribution in [2.45, 2.75) is 26.0 Å². The lowest BCUT2D eigenvalue weighted by Crippen LogP contribution is -2.42. The molecule has 0 amide bonds. The van der Waals surface area contributed by atoms with Crippen molar-refractivity contribution < 1.29 is 14.9 Å². The first-order valence-electron chi connectivity index (χ1n) is 6.72. The Balaban J connectivity index is 2.32. The number of nitriles is 1. The molecule has 2 unspecified atom stereocenters. The van der Waals surface area contributed by atoms with Gasteiger partial charge < -0.3 is 20.3 Å². The zero-order chi connectivity index (χ0) is 15.0. The normalized spacial score (nSPS) is 13.8. The standard InChI is InChI=1S/C15H22N2O3/c1-11(2)15(9-18)17-8-13(19)10-20-14-5-3-12(7-16)4-6-14/h3-6,11,13,15,17-19H,8-10H2,1-2H3. The van der Waals surface area contributed by atoms with Crippen LogP contribution in [0.3, 0.4) is 0 Å². The van der Waals surface area contributed by atoms with E-state index in [2.05, 4.69) is 5.32 Å². The Morgan fingerprint density at radius 1 is 1.30 bits per heavy atom. The molecule has 3 N–H and O–H groups in total. The quantitative estimate of drug-likeness (QED) is 0.658. The van der Waals surface area contributed by atoms with Crippen molar-refractivity contribution in [2.75, 3.05) is 19.8 Å². The molecule has 0 saturated heterocycles. The number of nitrogens with zero attached hydrogens (tertiary/aromatic N) is 1. The Morgan fingerprint density at radius 2 is 1.95 bits per heavy atom. The van der Waals surface area contributed by atoms with E-state index in [0.29, 0.717) is 23.8 Å². The summed E-state index contributed by atoms with van der Waals surface area (Å²) in [6, 6.07) is 8.73. The average Bonchev–Trinajstić information content (AvgIpc) is 2.46. The number of nitrogens with one attached hydrogen (secondary N) is 1. The maximum atomic E-state index is 9.82. The summed E-state index contributed by atoms with van der Waals surface area (Å²) < 4.78 is 5.43. The molecule has 5 nitrogen and oxygen atoms in total. The third-order valence-corrected chi connectivity index (χ3v) is 3.04. The molecule has 0 radical (unpaired) electrons. The first kappa shape index (κ1) is 16.4. The molecule has 0 aliphatic rings. The second-order valence-electron chi connectivity index (χ2n) is 5.04. The van der Waals surface area contributed by atoms with Crippen molar-refractivity contribution in [3.63, 3.8) is 0 Å². The fraction of sp³-hybridized carbons (Fsp3) is 0.533. The van der Waals surface area contributed by atoms with E-state index in [1.54, 1.807) is 24.3 Å². The summed E-state index contributed by atoms with van der Waals surface area (Å²) in [4.78, 5) is 0. The predicted octanol–water partition coefficient (Wildman–Crippen LogP) is 0.904. The largest absolute Gasteiger partial charge is 0.491 e. The van der Waals surface area contributed by atoms with E-state index in [4.69, 9.17) is 15.1 Å². The molecule has 110 valence electrons. The molecule has 5 heteroatoms. The van der Waals surface area contributed by atoms with Gasteiger partial charge >= 0.3 is 0 Å². The van der Waals surface area contributed by atoms with Crippen LogP contribution >= 0.6 is 0 Å². The Morgan fingerprint density at radius 3 is 2.45 bits per heavy atom. The SMILES string of the molecule is CC(C)C(CO)NCC(O)COc1ccc(C#N)cc1. The highest BCUT2D eigenvalue weighted by atomic mass is 16.5. The molecule has 0 bridgehead atoms. The molecule has 2 atom stereocenters. The van der Waals surface area contributed by atoms with Gasteiger partial charge in [0.2, 0.25) is 0 Å². The highest BCUT2D eigenvalue weighted by Gasteiger charge is 2.13. The van der Waals surface area contributed by atoms with Crippen molar-refractivity contribution in [2.24, 2.45) is 5.92 Å². The number of hydrogen-bond donors (Lipinski definition) is 3. The molecule has 1 aromatic rings. The molecule has 1 rings (SSSR count). The van der Waals surface area contributed by atoms with E-state index >= 15 is 0 Å². The van der Waals surface area contributed by atoms with E-state index in [9.17, 15) is 5.11 Å². The number of benzene rings is 1. The van der Waals surface area contributed by atoms with Crippen LogP contribution in [0.2, 0.25) is 0 Å². The number of hydrogen-bond acceptors (Lipinski definition) is 5. The monoisotopic (exact) mass is 278 g/mol. The molecule has 1 aromatic carbocycles. The van der Waals surface area contributed by atoms with Gasteiger partial charge in [-0.15, -0.1) is 0 Å². The summed E-state index contributed by atoms with van der Waals surface area (Å²) >= 11 is 0. The predicted molar refractivity (Wildman–Crippen MR) is 76.4 cm³/mol. The molecule has 20 heavy (non-hydrogen) atoms. The Labute approximate surface area is 119 Å². The van der Waals surface area contributed by atoms with Gasteiger partial charge in [-0.3, -0.25) is 0 Å². The van der Waals surface area contributed by atoms with Crippen LogP contribution in [0.15, 0.2) is 24.3 Å². The van der Waals surface area contributed by atoms with Crippen LogP contribution in [-0.2, 0) is 0 Å². The topological polar surface area (TPSA) is 85.5 Å². The minimum absolute atomic E-state index is 0.0282. The van der Waals surface area contributed by atoms with Crippen LogP contribution in [0.4, 0.5) is 0 Å². The lowest BCUT2D eigenvalue weighted by molar-refractivity contribution is 0.0962. The van der Waals surface area contributed by atoms with Gasteiger partial charge in [0.15, 0.2) is 0 Å². The maximum absolute atomic E-state index is 9.82. The van der Waals surface area contributed by atoms with Crippen LogP contribution < -0.4 is 10.1 Å². The number of ether oxygens (including phenoxy) is 1. The maximum Gasteiger partial charge on any atom is 0.119 e. The van der Waals surface area contributed by atoms with Gasteiger partial charge in [0, 0.05) is 12.6 Å². The minimum Gasteiger partial charge on any atom is -0.491 e. The van der Waals surface area contributed by atoms with E-state index in [1.807, 2.05) is 19.9 Å². The zero-order valence-electron chi connectivity index (χ0n) is 11.9. The van der Waals surface area contributed by atoms with E-state index in [-0.39, 0.29) is 19.3 Å². The lowest BCUT2D eigenvalue weighted by Gasteiger charge is -2.22. The molecule has 0 fully saturated rings. The summed E-state index contributed by atoms with van der Waals surface area (Å²) in [7, 11) is 0. The molecule has 0 heterocycles. The van der Waals surface area contributed by atoms with Gasteiger partial charge in [-0.1, -0.05) is 13.8 Å². The van der Waals surface area contributed by atoms with Crippen molar-refractivity contribution in [3.8, 4) is 11.8 Å². The first-order chi connectivity index (χ1) is 9.56. The summed E-state index contributed by atoms with van der Waals surface area (Å²) in [6.07, 6.45) is -0.654. The van der Waals surface area contributed by atoms with E-state index < -0.39 is 6.10 Å². The molecule has 0 aliphatic heterocycles. The van der Waals surface area contributed by atoms with Gasteiger partial charge in [0.25, 0.3) is 0 Å². The Kier molecular flexibility index (Phi) is 7.02. The van der Waals surface area contributed by atoms with Gasteiger partial charge in [-0.25, -0.2) is 0 Å². The highest BCUT2D eigenvalue weighted by Crippen LogP contribution is 2.11. The number of rotatable bonds is 8. The summed E-state index contributed by atoms with van der Waals surface area (Å²) in [5.74, 6) is 0.914. The summed E-state index contributed by atoms with van der Waals surface area (Å²) in [5.41, 5.74) is 0.572. The molecule has 0 saturated carbocycles. The van der Waals surface area contributed by atoms with Crippen LogP contribution in [-0.4, -0.2) is 42.1 Å². The van der Waals surface area contributed by atoms with Gasteiger partial charge in [-0.05, 0) is 30.2 Å². The Bertz CT molecular complexity index is 426. The second-order valence-corrected chi connectivity index (χ2v) is 5.04. The number of aliphatic hydroxyl groups excluding tert-OH is 2. The van der Waals surface area contributed by atoms with Crippen LogP contribution in [0.25, 0.3) is 0 Å². The Hall–Kier alpha value is -1.61. The molecule has 0 aromatic heterocycles. The smallest absolute Gasteiger partial charge is 0.119 e. The van der Waals surface area contributed by atoms with Crippen molar-refractivity contribution >= 4 is 0 Å². The van der Waals surface area contributed by atoms with Crippen LogP contribution in [0, 0.1) is 17.2 Å². The second kappa shape index (κ2) is 8.54. The van der Waals surface area contributed by atoms with Gasteiger partial charge in [0.05, 0.1) is 18.2 Å². The zero-order valence-corrected chi connectivity index (χ0v) is 11.9. The van der Waals surface area contributed by atoms with Gasteiger partial charge in [0.1, 0.15) is 18.5 Å².